The SMILES string of the molecule is CCCCCC(Cl)C[n+]1ccn(CCCCc2ccc(Cl)cc2)c1.[Cl-]. The fourth-order valence-electron chi connectivity index (χ4n) is 2.89. The van der Waals surface area contributed by atoms with Crippen LogP contribution in [0, 0.1) is 0 Å². The fourth-order valence-corrected chi connectivity index (χ4v) is 3.33. The molecule has 0 aliphatic rings. The van der Waals surface area contributed by atoms with Crippen molar-refractivity contribution in [1.29, 1.82) is 0 Å². The molecule has 1 aromatic carbocycles. The van der Waals surface area contributed by atoms with Gasteiger partial charge in [-0.05, 0) is 43.4 Å². The van der Waals surface area contributed by atoms with Crippen molar-refractivity contribution in [3.05, 3.63) is 53.6 Å². The number of imidazole rings is 1. The van der Waals surface area contributed by atoms with E-state index in [0.717, 1.165) is 31.0 Å². The second-order valence-corrected chi connectivity index (χ2v) is 7.58. The first-order chi connectivity index (χ1) is 11.7. The lowest BCUT2D eigenvalue weighted by molar-refractivity contribution is -0.696. The first kappa shape index (κ1) is 22.3. The first-order valence-corrected chi connectivity index (χ1v) is 9.92. The second-order valence-electron chi connectivity index (χ2n) is 6.52. The molecule has 5 heteroatoms. The quantitative estimate of drug-likeness (QED) is 0.310. The maximum atomic E-state index is 6.43. The van der Waals surface area contributed by atoms with Crippen LogP contribution in [-0.2, 0) is 19.5 Å². The van der Waals surface area contributed by atoms with Gasteiger partial charge in [-0.2, -0.15) is 0 Å². The van der Waals surface area contributed by atoms with Gasteiger partial charge in [0.25, 0.3) is 0 Å². The number of nitrogens with zero attached hydrogens (tertiary/aromatic N) is 2. The molecule has 0 bridgehead atoms. The van der Waals surface area contributed by atoms with Gasteiger partial charge in [-0.3, -0.25) is 0 Å². The Bertz CT molecular complexity index is 581. The van der Waals surface area contributed by atoms with Gasteiger partial charge in [0, 0.05) is 5.02 Å². The van der Waals surface area contributed by atoms with Crippen LogP contribution >= 0.6 is 23.2 Å². The lowest BCUT2D eigenvalue weighted by Gasteiger charge is -2.05. The number of halogens is 3. The summed E-state index contributed by atoms with van der Waals surface area (Å²) in [5, 5.41) is 1.05. The number of benzene rings is 1. The predicted octanol–water partition coefficient (Wildman–Crippen LogP) is 2.64. The third kappa shape index (κ3) is 8.99. The molecule has 1 atom stereocenters. The van der Waals surface area contributed by atoms with E-state index >= 15 is 0 Å². The van der Waals surface area contributed by atoms with E-state index in [9.17, 15) is 0 Å². The number of aryl methyl sites for hydroxylation is 2. The molecule has 0 N–H and O–H groups in total. The second kappa shape index (κ2) is 12.6. The van der Waals surface area contributed by atoms with E-state index in [4.69, 9.17) is 23.2 Å². The molecule has 1 aromatic heterocycles. The Morgan fingerprint density at radius 1 is 1.08 bits per heavy atom. The van der Waals surface area contributed by atoms with Gasteiger partial charge in [0.2, 0.25) is 6.33 Å². The fraction of sp³-hybridized carbons (Fsp3) is 0.550. The molecule has 1 heterocycles. The minimum atomic E-state index is 0. The standard InChI is InChI=1S/C20H29Cl2N2.ClH/c1-2-3-4-8-20(22)16-24-15-14-23(17-24)13-6-5-7-18-9-11-19(21)12-10-18;/h9-12,14-15,17,20H,2-8,13,16H2,1H3;1H/q+1;/p-1. The molecular formula is C20H29Cl3N2. The Balaban J connectivity index is 0.00000312. The molecule has 1 unspecified atom stereocenters. The summed E-state index contributed by atoms with van der Waals surface area (Å²) >= 11 is 12.3. The lowest BCUT2D eigenvalue weighted by Crippen LogP contribution is -3.00. The summed E-state index contributed by atoms with van der Waals surface area (Å²) in [6, 6.07) is 8.17. The zero-order valence-electron chi connectivity index (χ0n) is 15.0. The third-order valence-corrected chi connectivity index (χ3v) is 4.93. The number of hydrogen-bond acceptors (Lipinski definition) is 0. The van der Waals surface area contributed by atoms with Gasteiger partial charge < -0.3 is 12.4 Å². The van der Waals surface area contributed by atoms with Gasteiger partial charge >= 0.3 is 0 Å². The van der Waals surface area contributed by atoms with Crippen molar-refractivity contribution in [3.63, 3.8) is 0 Å². The Morgan fingerprint density at radius 3 is 2.56 bits per heavy atom. The summed E-state index contributed by atoms with van der Waals surface area (Å²) in [5.74, 6) is 0. The van der Waals surface area contributed by atoms with Gasteiger partial charge in [0.05, 0.1) is 11.9 Å². The molecule has 0 radical (unpaired) electrons. The molecule has 0 fully saturated rings. The smallest absolute Gasteiger partial charge is 0.243 e. The van der Waals surface area contributed by atoms with Crippen LogP contribution in [0.5, 0.6) is 0 Å². The number of rotatable bonds is 11. The van der Waals surface area contributed by atoms with Gasteiger partial charge in [-0.25, -0.2) is 9.13 Å². The Hall–Kier alpha value is -0.700. The minimum Gasteiger partial charge on any atom is -1.00 e. The largest absolute Gasteiger partial charge is 1.00 e. The molecule has 140 valence electrons. The van der Waals surface area contributed by atoms with Crippen LogP contribution in [0.25, 0.3) is 0 Å². The van der Waals surface area contributed by atoms with Crippen LogP contribution in [0.15, 0.2) is 43.0 Å². The number of aromatic nitrogens is 2. The molecule has 0 amide bonds. The maximum Gasteiger partial charge on any atom is 0.243 e. The van der Waals surface area contributed by atoms with E-state index < -0.39 is 0 Å². The summed E-state index contributed by atoms with van der Waals surface area (Å²) in [6.45, 7) is 4.19. The van der Waals surface area contributed by atoms with Crippen molar-refractivity contribution in [1.82, 2.24) is 4.57 Å². The van der Waals surface area contributed by atoms with Crippen molar-refractivity contribution < 1.29 is 17.0 Å². The summed E-state index contributed by atoms with van der Waals surface area (Å²) in [5.41, 5.74) is 1.36. The van der Waals surface area contributed by atoms with E-state index in [2.05, 4.69) is 46.9 Å². The summed E-state index contributed by atoms with van der Waals surface area (Å²) in [4.78, 5) is 0. The average Bonchev–Trinajstić information content (AvgIpc) is 3.01. The van der Waals surface area contributed by atoms with Crippen LogP contribution in [0.2, 0.25) is 5.02 Å². The molecular weight excluding hydrogens is 375 g/mol. The molecule has 0 saturated carbocycles. The third-order valence-electron chi connectivity index (χ3n) is 4.32. The minimum absolute atomic E-state index is 0. The molecule has 0 aliphatic heterocycles. The highest BCUT2D eigenvalue weighted by Gasteiger charge is 2.10. The van der Waals surface area contributed by atoms with E-state index in [1.165, 1.54) is 37.7 Å². The highest BCUT2D eigenvalue weighted by molar-refractivity contribution is 6.30. The van der Waals surface area contributed by atoms with Crippen LogP contribution in [0.1, 0.15) is 51.0 Å². The summed E-state index contributed by atoms with van der Waals surface area (Å²) in [6.07, 6.45) is 14.8. The van der Waals surface area contributed by atoms with Gasteiger partial charge in [-0.15, -0.1) is 11.6 Å². The van der Waals surface area contributed by atoms with Crippen LogP contribution in [0.3, 0.4) is 0 Å². The molecule has 25 heavy (non-hydrogen) atoms. The summed E-state index contributed by atoms with van der Waals surface area (Å²) in [7, 11) is 0. The highest BCUT2D eigenvalue weighted by Crippen LogP contribution is 2.12. The highest BCUT2D eigenvalue weighted by atomic mass is 35.5. The van der Waals surface area contributed by atoms with Gasteiger partial charge in [-0.1, -0.05) is 49.9 Å². The van der Waals surface area contributed by atoms with Crippen molar-refractivity contribution in [2.24, 2.45) is 0 Å². The zero-order chi connectivity index (χ0) is 17.2. The monoisotopic (exact) mass is 402 g/mol. The van der Waals surface area contributed by atoms with Crippen molar-refractivity contribution >= 4 is 23.2 Å². The number of unbranched alkanes of at least 4 members (excludes halogenated alkanes) is 3. The molecule has 2 nitrogen and oxygen atoms in total. The van der Waals surface area contributed by atoms with E-state index in [0.29, 0.717) is 0 Å². The zero-order valence-corrected chi connectivity index (χ0v) is 17.3. The maximum absolute atomic E-state index is 6.43. The van der Waals surface area contributed by atoms with Crippen molar-refractivity contribution in [3.8, 4) is 0 Å². The topological polar surface area (TPSA) is 8.81 Å². The molecule has 0 spiro atoms. The molecule has 2 aromatic rings. The van der Waals surface area contributed by atoms with E-state index in [-0.39, 0.29) is 17.8 Å². The Labute approximate surface area is 168 Å². The van der Waals surface area contributed by atoms with Crippen LogP contribution < -0.4 is 17.0 Å². The van der Waals surface area contributed by atoms with Crippen LogP contribution in [0.4, 0.5) is 0 Å². The summed E-state index contributed by atoms with van der Waals surface area (Å²) < 4.78 is 4.47. The van der Waals surface area contributed by atoms with Crippen molar-refractivity contribution in [2.45, 2.75) is 70.3 Å². The normalized spacial score (nSPS) is 12.0. The predicted molar refractivity (Wildman–Crippen MR) is 103 cm³/mol. The molecule has 2 rings (SSSR count). The number of hydrogen-bond donors (Lipinski definition) is 0. The number of alkyl halides is 1. The van der Waals surface area contributed by atoms with Crippen LogP contribution in [-0.4, -0.2) is 9.94 Å². The Kier molecular flexibility index (Phi) is 11.3. The average molecular weight is 404 g/mol. The van der Waals surface area contributed by atoms with E-state index in [1.807, 2.05) is 12.1 Å². The lowest BCUT2D eigenvalue weighted by atomic mass is 10.1. The van der Waals surface area contributed by atoms with Gasteiger partial charge in [0.15, 0.2) is 0 Å². The molecule has 0 saturated heterocycles. The van der Waals surface area contributed by atoms with Gasteiger partial charge in [0.1, 0.15) is 18.9 Å². The van der Waals surface area contributed by atoms with E-state index in [1.54, 1.807) is 0 Å². The first-order valence-electron chi connectivity index (χ1n) is 9.10. The Morgan fingerprint density at radius 2 is 1.84 bits per heavy atom. The van der Waals surface area contributed by atoms with Crippen molar-refractivity contribution in [2.75, 3.05) is 0 Å². The molecule has 0 aliphatic carbocycles.